The Labute approximate surface area is 93.1 Å². The van der Waals surface area contributed by atoms with Gasteiger partial charge in [0.2, 0.25) is 0 Å². The zero-order chi connectivity index (χ0) is 11.5. The fraction of sp³-hybridized carbons (Fsp3) is 0.182. The minimum Gasteiger partial charge on any atom is -0.305 e. The van der Waals surface area contributed by atoms with Crippen molar-refractivity contribution >= 4 is 11.7 Å². The van der Waals surface area contributed by atoms with Crippen LogP contribution in [0.3, 0.4) is 0 Å². The Morgan fingerprint density at radius 2 is 2.19 bits per heavy atom. The summed E-state index contributed by atoms with van der Waals surface area (Å²) in [4.78, 5) is 16.0. The average Bonchev–Trinajstić information content (AvgIpc) is 2.64. The van der Waals surface area contributed by atoms with Crippen LogP contribution in [0.15, 0.2) is 30.5 Å². The first-order valence-corrected chi connectivity index (χ1v) is 4.90. The Morgan fingerprint density at radius 3 is 2.81 bits per heavy atom. The van der Waals surface area contributed by atoms with Crippen molar-refractivity contribution in [3.63, 3.8) is 0 Å². The van der Waals surface area contributed by atoms with E-state index < -0.39 is 0 Å². The van der Waals surface area contributed by atoms with Gasteiger partial charge in [-0.1, -0.05) is 6.07 Å². The smallest absolute Gasteiger partial charge is 0.275 e. The average molecular weight is 216 g/mol. The largest absolute Gasteiger partial charge is 0.305 e. The van der Waals surface area contributed by atoms with E-state index in [0.717, 1.165) is 5.69 Å². The zero-order valence-corrected chi connectivity index (χ0v) is 9.14. The van der Waals surface area contributed by atoms with Crippen molar-refractivity contribution in [2.45, 2.75) is 6.92 Å². The molecule has 0 radical (unpaired) electrons. The van der Waals surface area contributed by atoms with Gasteiger partial charge in [0, 0.05) is 18.9 Å². The Morgan fingerprint density at radius 1 is 1.38 bits per heavy atom. The molecule has 5 nitrogen and oxygen atoms in total. The van der Waals surface area contributed by atoms with Crippen LogP contribution in [0.5, 0.6) is 0 Å². The van der Waals surface area contributed by atoms with Crippen LogP contribution in [0.4, 0.5) is 5.82 Å². The van der Waals surface area contributed by atoms with E-state index in [1.165, 1.54) is 4.68 Å². The fourth-order valence-corrected chi connectivity index (χ4v) is 1.39. The number of aromatic nitrogens is 3. The summed E-state index contributed by atoms with van der Waals surface area (Å²) in [5, 5.41) is 6.65. The van der Waals surface area contributed by atoms with Gasteiger partial charge >= 0.3 is 0 Å². The van der Waals surface area contributed by atoms with E-state index in [0.29, 0.717) is 11.5 Å². The van der Waals surface area contributed by atoms with E-state index in [2.05, 4.69) is 15.4 Å². The van der Waals surface area contributed by atoms with E-state index in [-0.39, 0.29) is 5.91 Å². The minimum atomic E-state index is -0.210. The number of nitrogens with one attached hydrogen (secondary N) is 1. The van der Waals surface area contributed by atoms with Crippen molar-refractivity contribution in [1.29, 1.82) is 0 Å². The molecule has 0 spiro atoms. The van der Waals surface area contributed by atoms with Gasteiger partial charge in [0.05, 0.1) is 0 Å². The molecule has 0 saturated heterocycles. The number of anilines is 1. The van der Waals surface area contributed by atoms with Gasteiger partial charge in [-0.3, -0.25) is 9.48 Å². The maximum Gasteiger partial charge on any atom is 0.275 e. The molecule has 0 aromatic carbocycles. The van der Waals surface area contributed by atoms with Gasteiger partial charge in [0.1, 0.15) is 11.5 Å². The van der Waals surface area contributed by atoms with Crippen LogP contribution in [-0.2, 0) is 7.05 Å². The van der Waals surface area contributed by atoms with E-state index in [1.807, 2.05) is 19.1 Å². The number of nitrogens with zero attached hydrogens (tertiary/aromatic N) is 3. The van der Waals surface area contributed by atoms with Crippen LogP contribution >= 0.6 is 0 Å². The van der Waals surface area contributed by atoms with E-state index in [9.17, 15) is 4.79 Å². The number of hydrogen-bond donors (Lipinski definition) is 1. The van der Waals surface area contributed by atoms with E-state index in [4.69, 9.17) is 0 Å². The maximum atomic E-state index is 11.8. The van der Waals surface area contributed by atoms with Crippen molar-refractivity contribution in [1.82, 2.24) is 14.8 Å². The normalized spacial score (nSPS) is 10.1. The van der Waals surface area contributed by atoms with Crippen molar-refractivity contribution < 1.29 is 4.79 Å². The topological polar surface area (TPSA) is 59.8 Å². The second-order valence-corrected chi connectivity index (χ2v) is 3.46. The molecule has 0 fully saturated rings. The molecule has 2 aromatic rings. The fourth-order valence-electron chi connectivity index (χ4n) is 1.39. The molecule has 82 valence electrons. The molecule has 1 amide bonds. The summed E-state index contributed by atoms with van der Waals surface area (Å²) in [6, 6.07) is 7.13. The van der Waals surface area contributed by atoms with Gasteiger partial charge in [0.15, 0.2) is 0 Å². The highest BCUT2D eigenvalue weighted by Crippen LogP contribution is 2.06. The maximum absolute atomic E-state index is 11.8. The number of hydrogen-bond acceptors (Lipinski definition) is 3. The lowest BCUT2D eigenvalue weighted by Crippen LogP contribution is -2.16. The molecule has 0 unspecified atom stereocenters. The van der Waals surface area contributed by atoms with Crippen molar-refractivity contribution in [3.05, 3.63) is 41.9 Å². The second-order valence-electron chi connectivity index (χ2n) is 3.46. The highest BCUT2D eigenvalue weighted by molar-refractivity contribution is 6.02. The van der Waals surface area contributed by atoms with Gasteiger partial charge < -0.3 is 5.32 Å². The molecule has 16 heavy (non-hydrogen) atoms. The Kier molecular flexibility index (Phi) is 2.68. The molecule has 0 bridgehead atoms. The summed E-state index contributed by atoms with van der Waals surface area (Å²) >= 11 is 0. The third-order valence-electron chi connectivity index (χ3n) is 2.18. The molecule has 2 aromatic heterocycles. The summed E-state index contributed by atoms with van der Waals surface area (Å²) in [5.74, 6) is 0.337. The number of amides is 1. The molecular weight excluding hydrogens is 204 g/mol. The number of pyridine rings is 1. The summed E-state index contributed by atoms with van der Waals surface area (Å²) in [7, 11) is 1.72. The Hall–Kier alpha value is -2.17. The first-order valence-electron chi connectivity index (χ1n) is 4.90. The first kappa shape index (κ1) is 10.4. The van der Waals surface area contributed by atoms with Gasteiger partial charge in [0.25, 0.3) is 5.91 Å². The summed E-state index contributed by atoms with van der Waals surface area (Å²) in [5.41, 5.74) is 1.37. The minimum absolute atomic E-state index is 0.210. The molecule has 2 rings (SSSR count). The van der Waals surface area contributed by atoms with Gasteiger partial charge in [-0.15, -0.1) is 0 Å². The van der Waals surface area contributed by atoms with Crippen molar-refractivity contribution in [2.75, 3.05) is 5.32 Å². The van der Waals surface area contributed by atoms with Crippen LogP contribution < -0.4 is 5.32 Å². The van der Waals surface area contributed by atoms with Crippen LogP contribution in [-0.4, -0.2) is 20.7 Å². The Bertz CT molecular complexity index is 518. The summed E-state index contributed by atoms with van der Waals surface area (Å²) in [6.45, 7) is 1.87. The molecule has 2 heterocycles. The lowest BCUT2D eigenvalue weighted by Gasteiger charge is -2.04. The number of rotatable bonds is 2. The molecule has 1 N–H and O–H groups in total. The molecular formula is C11H12N4O. The summed E-state index contributed by atoms with van der Waals surface area (Å²) < 4.78 is 1.52. The van der Waals surface area contributed by atoms with E-state index in [1.54, 1.807) is 25.4 Å². The molecule has 5 heteroatoms. The van der Waals surface area contributed by atoms with Gasteiger partial charge in [-0.05, 0) is 25.1 Å². The molecule has 0 aliphatic heterocycles. The number of carbonyl (C=O) groups is 1. The molecule has 0 aliphatic rings. The highest BCUT2D eigenvalue weighted by Gasteiger charge is 2.10. The first-order chi connectivity index (χ1) is 7.66. The predicted octanol–water partition coefficient (Wildman–Crippen LogP) is 1.38. The Balaban J connectivity index is 2.17. The molecule has 0 saturated carbocycles. The van der Waals surface area contributed by atoms with Crippen LogP contribution in [0.25, 0.3) is 0 Å². The van der Waals surface area contributed by atoms with Gasteiger partial charge in [-0.25, -0.2) is 4.98 Å². The van der Waals surface area contributed by atoms with Crippen LogP contribution in [0, 0.1) is 6.92 Å². The third kappa shape index (κ3) is 2.08. The number of aryl methyl sites for hydroxylation is 2. The van der Waals surface area contributed by atoms with Crippen LogP contribution in [0.2, 0.25) is 0 Å². The highest BCUT2D eigenvalue weighted by atomic mass is 16.2. The molecule has 0 atom stereocenters. The standard InChI is InChI=1S/C11H12N4O/c1-8-4-3-5-10(13-8)14-11(16)9-6-7-12-15(9)2/h3-7H,1-2H3,(H,13,14,16). The zero-order valence-electron chi connectivity index (χ0n) is 9.14. The third-order valence-corrected chi connectivity index (χ3v) is 2.18. The van der Waals surface area contributed by atoms with Crippen molar-refractivity contribution in [2.24, 2.45) is 7.05 Å². The summed E-state index contributed by atoms with van der Waals surface area (Å²) in [6.07, 6.45) is 1.58. The van der Waals surface area contributed by atoms with Crippen LogP contribution in [0.1, 0.15) is 16.2 Å². The van der Waals surface area contributed by atoms with Crippen molar-refractivity contribution in [3.8, 4) is 0 Å². The second kappa shape index (κ2) is 4.14. The monoisotopic (exact) mass is 216 g/mol. The SMILES string of the molecule is Cc1cccc(NC(=O)c2ccnn2C)n1. The quantitative estimate of drug-likeness (QED) is 0.824. The predicted molar refractivity (Wildman–Crippen MR) is 60.1 cm³/mol. The van der Waals surface area contributed by atoms with E-state index >= 15 is 0 Å². The lowest BCUT2D eigenvalue weighted by molar-refractivity contribution is 0.101. The number of carbonyl (C=O) groups excluding carboxylic acids is 1. The van der Waals surface area contributed by atoms with Gasteiger partial charge in [-0.2, -0.15) is 5.10 Å². The molecule has 0 aliphatic carbocycles. The lowest BCUT2D eigenvalue weighted by atomic mass is 10.3.